The van der Waals surface area contributed by atoms with Crippen molar-refractivity contribution < 1.29 is 17.3 Å². The highest BCUT2D eigenvalue weighted by atomic mass is 32.2. The molecule has 1 heterocycles. The minimum absolute atomic E-state index is 0.0654. The van der Waals surface area contributed by atoms with Crippen molar-refractivity contribution in [3.63, 3.8) is 0 Å². The van der Waals surface area contributed by atoms with Crippen LogP contribution < -0.4 is 0 Å². The molecule has 0 aliphatic carbocycles. The lowest BCUT2D eigenvalue weighted by molar-refractivity contribution is 0.0372. The highest BCUT2D eigenvalue weighted by Crippen LogP contribution is 2.21. The van der Waals surface area contributed by atoms with Crippen LogP contribution in [0.3, 0.4) is 0 Å². The lowest BCUT2D eigenvalue weighted by Gasteiger charge is -2.26. The summed E-state index contributed by atoms with van der Waals surface area (Å²) >= 11 is 0. The molecule has 0 N–H and O–H groups in total. The summed E-state index contributed by atoms with van der Waals surface area (Å²) < 4.78 is 34.4. The van der Waals surface area contributed by atoms with Crippen molar-refractivity contribution in [3.05, 3.63) is 54.3 Å². The minimum Gasteiger partial charge on any atom is -0.489 e. The first kappa shape index (κ1) is 13.8. The third-order valence-corrected chi connectivity index (χ3v) is 4.06. The van der Waals surface area contributed by atoms with Gasteiger partial charge in [0.1, 0.15) is 12.2 Å². The quantitative estimate of drug-likeness (QED) is 0.795. The standard InChI is InChI=1S/C14H16O4S/c1-12-5-7-13(8-6-12)19(15,16)18-11-14(2)9-3-4-10-17-14/h3-10H,11H2,1-2H3. The fourth-order valence-electron chi connectivity index (χ4n) is 1.59. The zero-order valence-corrected chi connectivity index (χ0v) is 11.7. The van der Waals surface area contributed by atoms with Gasteiger partial charge in [0.25, 0.3) is 10.1 Å². The molecule has 1 atom stereocenters. The molecule has 0 bridgehead atoms. The van der Waals surface area contributed by atoms with E-state index in [1.54, 1.807) is 37.3 Å². The van der Waals surface area contributed by atoms with Gasteiger partial charge in [0, 0.05) is 0 Å². The summed E-state index contributed by atoms with van der Waals surface area (Å²) in [5, 5.41) is 0. The second-order valence-electron chi connectivity index (χ2n) is 4.65. The van der Waals surface area contributed by atoms with Gasteiger partial charge in [-0.05, 0) is 38.1 Å². The van der Waals surface area contributed by atoms with Gasteiger partial charge in [0.15, 0.2) is 0 Å². The molecule has 0 amide bonds. The molecule has 2 rings (SSSR count). The van der Waals surface area contributed by atoms with E-state index in [9.17, 15) is 8.42 Å². The molecule has 1 aromatic rings. The Morgan fingerprint density at radius 1 is 1.21 bits per heavy atom. The predicted octanol–water partition coefficient (Wildman–Crippen LogP) is 2.56. The summed E-state index contributed by atoms with van der Waals surface area (Å²) in [6, 6.07) is 6.53. The van der Waals surface area contributed by atoms with E-state index in [2.05, 4.69) is 0 Å². The number of hydrogen-bond donors (Lipinski definition) is 0. The Kier molecular flexibility index (Phi) is 3.78. The van der Waals surface area contributed by atoms with Crippen LogP contribution in [-0.2, 0) is 19.0 Å². The van der Waals surface area contributed by atoms with Gasteiger partial charge in [0.2, 0.25) is 0 Å². The number of benzene rings is 1. The number of aryl methyl sites for hydroxylation is 1. The van der Waals surface area contributed by atoms with Crippen molar-refractivity contribution in [1.82, 2.24) is 0 Å². The minimum atomic E-state index is -3.75. The van der Waals surface area contributed by atoms with E-state index in [0.717, 1.165) is 5.56 Å². The summed E-state index contributed by atoms with van der Waals surface area (Å²) in [5.41, 5.74) is 0.238. The van der Waals surface area contributed by atoms with Gasteiger partial charge in [-0.1, -0.05) is 23.8 Å². The average molecular weight is 280 g/mol. The normalized spacial score (nSPS) is 22.2. The van der Waals surface area contributed by atoms with Crippen LogP contribution in [0.1, 0.15) is 12.5 Å². The van der Waals surface area contributed by atoms with Crippen molar-refractivity contribution in [2.75, 3.05) is 6.61 Å². The fourth-order valence-corrected chi connectivity index (χ4v) is 2.58. The molecule has 19 heavy (non-hydrogen) atoms. The Morgan fingerprint density at radius 2 is 1.89 bits per heavy atom. The number of ether oxygens (including phenoxy) is 1. The van der Waals surface area contributed by atoms with Gasteiger partial charge in [-0.25, -0.2) is 0 Å². The molecule has 0 radical (unpaired) electrons. The van der Waals surface area contributed by atoms with Crippen molar-refractivity contribution in [2.24, 2.45) is 0 Å². The van der Waals surface area contributed by atoms with Crippen LogP contribution in [0.25, 0.3) is 0 Å². The third-order valence-electron chi connectivity index (χ3n) is 2.79. The molecule has 1 unspecified atom stereocenters. The summed E-state index contributed by atoms with van der Waals surface area (Å²) in [4.78, 5) is 0.150. The lowest BCUT2D eigenvalue weighted by Crippen LogP contribution is -2.32. The summed E-state index contributed by atoms with van der Waals surface area (Å²) in [7, 11) is -3.75. The van der Waals surface area contributed by atoms with Gasteiger partial charge in [-0.3, -0.25) is 4.18 Å². The predicted molar refractivity (Wildman–Crippen MR) is 72.1 cm³/mol. The van der Waals surface area contributed by atoms with Gasteiger partial charge in [0.05, 0.1) is 11.2 Å². The molecule has 0 aromatic heterocycles. The van der Waals surface area contributed by atoms with Gasteiger partial charge < -0.3 is 4.74 Å². The second-order valence-corrected chi connectivity index (χ2v) is 6.26. The van der Waals surface area contributed by atoms with Gasteiger partial charge in [-0.15, -0.1) is 0 Å². The lowest BCUT2D eigenvalue weighted by atomic mass is 10.1. The first-order valence-electron chi connectivity index (χ1n) is 5.90. The maximum Gasteiger partial charge on any atom is 0.297 e. The van der Waals surface area contributed by atoms with E-state index in [0.29, 0.717) is 0 Å². The zero-order valence-electron chi connectivity index (χ0n) is 10.9. The Balaban J connectivity index is 2.08. The molecule has 0 spiro atoms. The van der Waals surface area contributed by atoms with Crippen LogP contribution in [0.2, 0.25) is 0 Å². The molecular formula is C14H16O4S. The smallest absolute Gasteiger partial charge is 0.297 e. The second kappa shape index (κ2) is 5.19. The van der Waals surface area contributed by atoms with E-state index in [1.165, 1.54) is 18.4 Å². The molecule has 1 aromatic carbocycles. The van der Waals surface area contributed by atoms with E-state index in [-0.39, 0.29) is 11.5 Å². The number of rotatable bonds is 4. The Labute approximate surface area is 113 Å². The fraction of sp³-hybridized carbons (Fsp3) is 0.286. The van der Waals surface area contributed by atoms with Crippen LogP contribution in [0, 0.1) is 6.92 Å². The van der Waals surface area contributed by atoms with E-state index < -0.39 is 15.7 Å². The molecule has 0 saturated heterocycles. The van der Waals surface area contributed by atoms with Crippen LogP contribution in [0.4, 0.5) is 0 Å². The SMILES string of the molecule is Cc1ccc(S(=O)(=O)OCC2(C)C=CC=CO2)cc1. The van der Waals surface area contributed by atoms with Gasteiger partial charge >= 0.3 is 0 Å². The highest BCUT2D eigenvalue weighted by Gasteiger charge is 2.27. The molecular weight excluding hydrogens is 264 g/mol. The van der Waals surface area contributed by atoms with E-state index in [1.807, 2.05) is 6.92 Å². The van der Waals surface area contributed by atoms with Crippen molar-refractivity contribution in [2.45, 2.75) is 24.3 Å². The molecule has 102 valence electrons. The summed E-state index contributed by atoms with van der Waals surface area (Å²) in [6.45, 7) is 3.59. The Hall–Kier alpha value is -1.59. The molecule has 4 nitrogen and oxygen atoms in total. The molecule has 0 saturated carbocycles. The largest absolute Gasteiger partial charge is 0.489 e. The van der Waals surface area contributed by atoms with Crippen LogP contribution in [-0.4, -0.2) is 20.6 Å². The third kappa shape index (κ3) is 3.45. The van der Waals surface area contributed by atoms with E-state index >= 15 is 0 Å². The van der Waals surface area contributed by atoms with Crippen molar-refractivity contribution >= 4 is 10.1 Å². The van der Waals surface area contributed by atoms with Crippen LogP contribution >= 0.6 is 0 Å². The number of allylic oxidation sites excluding steroid dienone is 2. The maximum atomic E-state index is 12.0. The van der Waals surface area contributed by atoms with Crippen LogP contribution in [0.5, 0.6) is 0 Å². The molecule has 0 fully saturated rings. The van der Waals surface area contributed by atoms with Gasteiger partial charge in [-0.2, -0.15) is 8.42 Å². The maximum absolute atomic E-state index is 12.0. The Bertz CT molecular complexity index is 599. The topological polar surface area (TPSA) is 52.6 Å². The van der Waals surface area contributed by atoms with E-state index in [4.69, 9.17) is 8.92 Å². The first-order chi connectivity index (χ1) is 8.91. The Morgan fingerprint density at radius 3 is 2.47 bits per heavy atom. The van der Waals surface area contributed by atoms with Crippen molar-refractivity contribution in [1.29, 1.82) is 0 Å². The summed E-state index contributed by atoms with van der Waals surface area (Å²) in [6.07, 6.45) is 6.81. The molecule has 1 aliphatic heterocycles. The van der Waals surface area contributed by atoms with Crippen LogP contribution in [0.15, 0.2) is 53.7 Å². The highest BCUT2D eigenvalue weighted by molar-refractivity contribution is 7.86. The van der Waals surface area contributed by atoms with Crippen molar-refractivity contribution in [3.8, 4) is 0 Å². The number of hydrogen-bond acceptors (Lipinski definition) is 4. The average Bonchev–Trinajstić information content (AvgIpc) is 2.38. The first-order valence-corrected chi connectivity index (χ1v) is 7.30. The molecule has 1 aliphatic rings. The monoisotopic (exact) mass is 280 g/mol. The zero-order chi connectivity index (χ0) is 13.9. The summed E-state index contributed by atoms with van der Waals surface area (Å²) in [5.74, 6) is 0. The molecule has 5 heteroatoms.